The van der Waals surface area contributed by atoms with Crippen LogP contribution >= 0.6 is 14.7 Å². The Bertz CT molecular complexity index is 261. The summed E-state index contributed by atoms with van der Waals surface area (Å²) in [5.74, 6) is 0. The molecule has 0 radical (unpaired) electrons. The highest BCUT2D eigenvalue weighted by molar-refractivity contribution is 7.57. The zero-order valence-corrected chi connectivity index (χ0v) is 12.8. The predicted octanol–water partition coefficient (Wildman–Crippen LogP) is -2.51. The largest absolute Gasteiger partial charge is 0.386 e. The van der Waals surface area contributed by atoms with E-state index in [1.165, 1.54) is 0 Å². The number of nitrogens with one attached hydrogen (secondary N) is 2. The van der Waals surface area contributed by atoms with Crippen LogP contribution in [0.3, 0.4) is 0 Å². The topological polar surface area (TPSA) is 180 Å². The summed E-state index contributed by atoms with van der Waals surface area (Å²) in [5.41, 5.74) is 0. The Morgan fingerprint density at radius 1 is 0.650 bits per heavy atom. The van der Waals surface area contributed by atoms with Crippen LogP contribution in [-0.2, 0) is 9.13 Å². The zero-order chi connectivity index (χ0) is 16.1. The first-order chi connectivity index (χ1) is 9.24. The lowest BCUT2D eigenvalue weighted by Gasteiger charge is -2.11. The lowest BCUT2D eigenvalue weighted by Crippen LogP contribution is -2.39. The molecule has 20 heavy (non-hydrogen) atoms. The zero-order valence-electron chi connectivity index (χ0n) is 11.1. The molecule has 0 aromatic rings. The fourth-order valence-corrected chi connectivity index (χ4v) is 0.872. The van der Waals surface area contributed by atoms with Crippen molar-refractivity contribution >= 4 is 14.7 Å². The summed E-state index contributed by atoms with van der Waals surface area (Å²) < 4.78 is 20.0. The Kier molecular flexibility index (Phi) is 14.4. The Morgan fingerprint density at radius 2 is 0.850 bits per heavy atom. The summed E-state index contributed by atoms with van der Waals surface area (Å²) in [4.78, 5) is 16.4. The van der Waals surface area contributed by atoms with Crippen molar-refractivity contribution in [2.24, 2.45) is 0 Å². The first kappa shape index (κ1) is 22.4. The molecule has 0 amide bonds. The van der Waals surface area contributed by atoms with E-state index in [9.17, 15) is 9.13 Å². The molecule has 0 aromatic carbocycles. The molecule has 0 spiro atoms. The molecule has 1 heterocycles. The van der Waals surface area contributed by atoms with Gasteiger partial charge in [0, 0.05) is 26.2 Å². The van der Waals surface area contributed by atoms with Crippen molar-refractivity contribution in [1.29, 1.82) is 0 Å². The first-order valence-electron chi connectivity index (χ1n) is 5.71. The third-order valence-corrected chi connectivity index (χ3v) is 3.61. The summed E-state index contributed by atoms with van der Waals surface area (Å²) in [6, 6.07) is 0. The van der Waals surface area contributed by atoms with Crippen LogP contribution < -0.4 is 10.6 Å². The molecule has 124 valence electrons. The number of rotatable bonds is 4. The van der Waals surface area contributed by atoms with E-state index in [-0.39, 0.29) is 0 Å². The highest BCUT2D eigenvalue weighted by atomic mass is 31.2. The summed E-state index contributed by atoms with van der Waals surface area (Å²) in [6.07, 6.45) is -3.38. The molecule has 0 atom stereocenters. The van der Waals surface area contributed by atoms with Gasteiger partial charge in [0.15, 0.2) is 0 Å². The predicted molar refractivity (Wildman–Crippen MR) is 73.7 cm³/mol. The molecule has 1 fully saturated rings. The van der Waals surface area contributed by atoms with Gasteiger partial charge in [-0.2, -0.15) is 0 Å². The Labute approximate surface area is 117 Å². The Morgan fingerprint density at radius 3 is 0.900 bits per heavy atom. The van der Waals surface area contributed by atoms with Gasteiger partial charge in [0.2, 0.25) is 14.7 Å². The van der Waals surface area contributed by atoms with E-state index in [0.29, 0.717) is 0 Å². The molecule has 0 saturated carbocycles. The maximum absolute atomic E-state index is 10.0. The van der Waals surface area contributed by atoms with Crippen molar-refractivity contribution in [3.63, 3.8) is 0 Å². The van der Waals surface area contributed by atoms with Gasteiger partial charge in [0.05, 0.1) is 0 Å². The number of hydrogen-bond donors (Lipinski definition) is 8. The van der Waals surface area contributed by atoms with Crippen molar-refractivity contribution in [3.05, 3.63) is 0 Å². The molecular weight excluding hydrogens is 314 g/mol. The maximum Gasteiger partial charge on any atom is 0.249 e. The normalized spacial score (nSPS) is 15.5. The van der Waals surface area contributed by atoms with E-state index in [0.717, 1.165) is 26.2 Å². The van der Waals surface area contributed by atoms with Crippen LogP contribution in [-0.4, -0.2) is 81.8 Å². The fourth-order valence-electron chi connectivity index (χ4n) is 0.693. The number of aliphatic hydroxyl groups is 4. The van der Waals surface area contributed by atoms with Crippen molar-refractivity contribution < 1.29 is 39.3 Å². The maximum atomic E-state index is 10.0. The summed E-state index contributed by atoms with van der Waals surface area (Å²) in [6.45, 7) is 4.56. The fraction of sp³-hybridized carbons (Fsp3) is 1.00. The number of aliphatic hydroxyl groups excluding tert-OH is 4. The summed E-state index contributed by atoms with van der Waals surface area (Å²) in [5, 5.41) is 38.1. The van der Waals surface area contributed by atoms with Crippen molar-refractivity contribution in [3.8, 4) is 0 Å². The molecule has 0 aromatic heterocycles. The van der Waals surface area contributed by atoms with Gasteiger partial charge in [-0.1, -0.05) is 0 Å². The van der Waals surface area contributed by atoms with E-state index >= 15 is 0 Å². The van der Waals surface area contributed by atoms with Gasteiger partial charge in [0.1, 0.15) is 25.4 Å². The van der Waals surface area contributed by atoms with Gasteiger partial charge < -0.3 is 40.8 Å². The Hall–Kier alpha value is 0.140. The minimum absolute atomic E-state index is 0.844. The van der Waals surface area contributed by atoms with Crippen LogP contribution in [0.1, 0.15) is 0 Å². The SMILES string of the molecule is C1CNCCN1.O=P(O)(CO)CO.O=P(O)(CO)CO. The molecule has 1 rings (SSSR count). The molecule has 12 heteroatoms. The Balaban J connectivity index is 0. The average Bonchev–Trinajstić information content (AvgIpc) is 2.50. The monoisotopic (exact) mass is 338 g/mol. The van der Waals surface area contributed by atoms with Crippen LogP contribution in [0.25, 0.3) is 0 Å². The summed E-state index contributed by atoms with van der Waals surface area (Å²) in [7, 11) is -7.09. The number of hydrogen-bond acceptors (Lipinski definition) is 8. The van der Waals surface area contributed by atoms with Crippen LogP contribution in [0.15, 0.2) is 0 Å². The molecule has 0 aliphatic carbocycles. The standard InChI is InChI=1S/C4H10N2.2C2H7O4P/c1-2-6-4-3-5-1;2*3-1-7(5,6)2-4/h5-6H,1-4H2;2*3-4H,1-2H2,(H,5,6). The van der Waals surface area contributed by atoms with E-state index in [1.54, 1.807) is 0 Å². The van der Waals surface area contributed by atoms with Gasteiger partial charge in [0.25, 0.3) is 0 Å². The van der Waals surface area contributed by atoms with Gasteiger partial charge in [-0.05, 0) is 0 Å². The quantitative estimate of drug-likeness (QED) is 0.255. The van der Waals surface area contributed by atoms with Crippen LogP contribution in [0, 0.1) is 0 Å². The van der Waals surface area contributed by atoms with E-state index in [2.05, 4.69) is 10.6 Å². The van der Waals surface area contributed by atoms with Gasteiger partial charge in [-0.25, -0.2) is 0 Å². The molecule has 10 nitrogen and oxygen atoms in total. The smallest absolute Gasteiger partial charge is 0.249 e. The summed E-state index contributed by atoms with van der Waals surface area (Å²) >= 11 is 0. The van der Waals surface area contributed by atoms with Gasteiger partial charge in [-0.15, -0.1) is 0 Å². The van der Waals surface area contributed by atoms with Gasteiger partial charge >= 0.3 is 0 Å². The lowest BCUT2D eigenvalue weighted by atomic mass is 10.4. The highest BCUT2D eigenvalue weighted by Gasteiger charge is 2.13. The van der Waals surface area contributed by atoms with E-state index in [4.69, 9.17) is 30.2 Å². The number of piperazine rings is 1. The van der Waals surface area contributed by atoms with Crippen molar-refractivity contribution in [2.75, 3.05) is 51.6 Å². The van der Waals surface area contributed by atoms with E-state index < -0.39 is 40.1 Å². The average molecular weight is 338 g/mol. The van der Waals surface area contributed by atoms with Crippen molar-refractivity contribution in [1.82, 2.24) is 10.6 Å². The minimum atomic E-state index is -3.54. The molecule has 0 unspecified atom stereocenters. The second kappa shape index (κ2) is 12.8. The van der Waals surface area contributed by atoms with Gasteiger partial charge in [-0.3, -0.25) is 9.13 Å². The molecular formula is C8H24N2O8P2. The van der Waals surface area contributed by atoms with E-state index in [1.807, 2.05) is 0 Å². The first-order valence-corrected chi connectivity index (χ1v) is 9.77. The highest BCUT2D eigenvalue weighted by Crippen LogP contribution is 2.36. The molecule has 1 saturated heterocycles. The van der Waals surface area contributed by atoms with Crippen molar-refractivity contribution in [2.45, 2.75) is 0 Å². The molecule has 8 N–H and O–H groups in total. The van der Waals surface area contributed by atoms with Crippen LogP contribution in [0.2, 0.25) is 0 Å². The third kappa shape index (κ3) is 16.2. The molecule has 1 aliphatic heterocycles. The van der Waals surface area contributed by atoms with Crippen LogP contribution in [0.5, 0.6) is 0 Å². The second-order valence-corrected chi connectivity index (χ2v) is 8.27. The minimum Gasteiger partial charge on any atom is -0.386 e. The second-order valence-electron chi connectivity index (χ2n) is 3.76. The third-order valence-electron chi connectivity index (χ3n) is 1.84. The van der Waals surface area contributed by atoms with Crippen LogP contribution in [0.4, 0.5) is 0 Å². The lowest BCUT2D eigenvalue weighted by molar-refractivity contribution is 0.293. The molecule has 0 bridgehead atoms. The molecule has 1 aliphatic rings.